The van der Waals surface area contributed by atoms with Gasteiger partial charge in [0.25, 0.3) is 11.5 Å². The van der Waals surface area contributed by atoms with Gasteiger partial charge in [0, 0.05) is 32.1 Å². The summed E-state index contributed by atoms with van der Waals surface area (Å²) in [6.07, 6.45) is 3.14. The summed E-state index contributed by atoms with van der Waals surface area (Å²) in [5, 5.41) is 6.64. The standard InChI is InChI=1S/C12H15N5O2/c1-3-17-6-8(4-5-10(17)18)14-12(19)11-9(13)7-16(2)15-11/h4-7H,3,13H2,1-2H3,(H,14,19). The molecule has 0 aliphatic rings. The topological polar surface area (TPSA) is 94.9 Å². The van der Waals surface area contributed by atoms with Crippen LogP contribution >= 0.6 is 0 Å². The minimum atomic E-state index is -0.403. The molecule has 1 amide bonds. The minimum absolute atomic E-state index is 0.113. The lowest BCUT2D eigenvalue weighted by atomic mass is 10.3. The van der Waals surface area contributed by atoms with Crippen LogP contribution < -0.4 is 16.6 Å². The molecule has 7 nitrogen and oxygen atoms in total. The molecule has 7 heteroatoms. The van der Waals surface area contributed by atoms with E-state index in [4.69, 9.17) is 5.73 Å². The first-order valence-electron chi connectivity index (χ1n) is 5.82. The second kappa shape index (κ2) is 4.97. The van der Waals surface area contributed by atoms with E-state index in [1.54, 1.807) is 25.5 Å². The molecule has 0 aromatic carbocycles. The van der Waals surface area contributed by atoms with Gasteiger partial charge in [0.15, 0.2) is 5.69 Å². The van der Waals surface area contributed by atoms with Crippen LogP contribution in [0, 0.1) is 0 Å². The van der Waals surface area contributed by atoms with E-state index in [1.807, 2.05) is 6.92 Å². The average molecular weight is 261 g/mol. The number of carbonyl (C=O) groups is 1. The average Bonchev–Trinajstić information content (AvgIpc) is 2.71. The lowest BCUT2D eigenvalue weighted by molar-refractivity contribution is 0.102. The first kappa shape index (κ1) is 12.9. The summed E-state index contributed by atoms with van der Waals surface area (Å²) < 4.78 is 2.97. The molecule has 3 N–H and O–H groups in total. The van der Waals surface area contributed by atoms with Gasteiger partial charge in [-0.05, 0) is 13.0 Å². The summed E-state index contributed by atoms with van der Waals surface area (Å²) in [7, 11) is 1.68. The van der Waals surface area contributed by atoms with Gasteiger partial charge >= 0.3 is 0 Å². The molecule has 100 valence electrons. The highest BCUT2D eigenvalue weighted by atomic mass is 16.2. The smallest absolute Gasteiger partial charge is 0.278 e. The maximum atomic E-state index is 12.0. The highest BCUT2D eigenvalue weighted by molar-refractivity contribution is 6.06. The molecule has 2 aromatic rings. The Balaban J connectivity index is 2.24. The van der Waals surface area contributed by atoms with Gasteiger partial charge in [-0.15, -0.1) is 0 Å². The summed E-state index contributed by atoms with van der Waals surface area (Å²) in [5.41, 5.74) is 6.56. The van der Waals surface area contributed by atoms with E-state index in [0.29, 0.717) is 17.9 Å². The van der Waals surface area contributed by atoms with E-state index in [9.17, 15) is 9.59 Å². The second-order valence-corrected chi connectivity index (χ2v) is 4.10. The maximum Gasteiger partial charge on any atom is 0.278 e. The first-order valence-corrected chi connectivity index (χ1v) is 5.82. The van der Waals surface area contributed by atoms with Crippen LogP contribution in [0.3, 0.4) is 0 Å². The van der Waals surface area contributed by atoms with Crippen molar-refractivity contribution in [1.82, 2.24) is 14.3 Å². The number of amides is 1. The lowest BCUT2D eigenvalue weighted by Crippen LogP contribution is -2.20. The summed E-state index contributed by atoms with van der Waals surface area (Å²) in [5.74, 6) is -0.403. The van der Waals surface area contributed by atoms with Gasteiger partial charge in [0.2, 0.25) is 0 Å². The van der Waals surface area contributed by atoms with Crippen LogP contribution in [0.15, 0.2) is 29.3 Å². The van der Waals surface area contributed by atoms with E-state index in [-0.39, 0.29) is 11.3 Å². The Bertz CT molecular complexity index is 671. The first-order chi connectivity index (χ1) is 9.01. The molecule has 2 heterocycles. The highest BCUT2D eigenvalue weighted by Crippen LogP contribution is 2.11. The molecule has 19 heavy (non-hydrogen) atoms. The maximum absolute atomic E-state index is 12.0. The van der Waals surface area contributed by atoms with E-state index in [1.165, 1.54) is 15.3 Å². The molecule has 0 fully saturated rings. The van der Waals surface area contributed by atoms with Crippen LogP contribution in [0.25, 0.3) is 0 Å². The van der Waals surface area contributed by atoms with Crippen LogP contribution in [0.4, 0.5) is 11.4 Å². The zero-order chi connectivity index (χ0) is 14.0. The number of rotatable bonds is 3. The Labute approximate surface area is 109 Å². The lowest BCUT2D eigenvalue weighted by Gasteiger charge is -2.06. The summed E-state index contributed by atoms with van der Waals surface area (Å²) >= 11 is 0. The number of hydrogen-bond donors (Lipinski definition) is 2. The fourth-order valence-electron chi connectivity index (χ4n) is 1.73. The number of aromatic nitrogens is 3. The molecule has 0 saturated heterocycles. The van der Waals surface area contributed by atoms with Crippen molar-refractivity contribution < 1.29 is 4.79 Å². The van der Waals surface area contributed by atoms with E-state index >= 15 is 0 Å². The number of carbonyl (C=O) groups excluding carboxylic acids is 1. The van der Waals surface area contributed by atoms with Crippen LogP contribution in [0.5, 0.6) is 0 Å². The number of anilines is 2. The molecule has 0 spiro atoms. The van der Waals surface area contributed by atoms with Gasteiger partial charge in [0.05, 0.1) is 11.4 Å². The third-order valence-electron chi connectivity index (χ3n) is 2.65. The third kappa shape index (κ3) is 2.65. The molecule has 0 saturated carbocycles. The third-order valence-corrected chi connectivity index (χ3v) is 2.65. The number of hydrogen-bond acceptors (Lipinski definition) is 4. The van der Waals surface area contributed by atoms with Crippen molar-refractivity contribution in [2.24, 2.45) is 7.05 Å². The van der Waals surface area contributed by atoms with E-state index in [2.05, 4.69) is 10.4 Å². The Morgan fingerprint density at radius 1 is 1.42 bits per heavy atom. The number of pyridine rings is 1. The molecule has 2 aromatic heterocycles. The minimum Gasteiger partial charge on any atom is -0.396 e. The van der Waals surface area contributed by atoms with Crippen molar-refractivity contribution in [2.45, 2.75) is 13.5 Å². The van der Waals surface area contributed by atoms with E-state index in [0.717, 1.165) is 0 Å². The SMILES string of the molecule is CCn1cc(NC(=O)c2nn(C)cc2N)ccc1=O. The summed E-state index contributed by atoms with van der Waals surface area (Å²) in [4.78, 5) is 23.4. The largest absolute Gasteiger partial charge is 0.396 e. The van der Waals surface area contributed by atoms with Crippen LogP contribution in [-0.4, -0.2) is 20.3 Å². The monoisotopic (exact) mass is 261 g/mol. The number of nitrogens with one attached hydrogen (secondary N) is 1. The van der Waals surface area contributed by atoms with Crippen LogP contribution in [0.2, 0.25) is 0 Å². The van der Waals surface area contributed by atoms with Crippen molar-refractivity contribution >= 4 is 17.3 Å². The van der Waals surface area contributed by atoms with Gasteiger partial charge in [0.1, 0.15) is 0 Å². The van der Waals surface area contributed by atoms with Gasteiger partial charge in [-0.1, -0.05) is 0 Å². The predicted octanol–water partition coefficient (Wildman–Crippen LogP) is 0.436. The number of nitrogen functional groups attached to an aromatic ring is 1. The number of nitrogens with two attached hydrogens (primary N) is 1. The van der Waals surface area contributed by atoms with Crippen molar-refractivity contribution in [3.05, 3.63) is 40.6 Å². The van der Waals surface area contributed by atoms with Gasteiger partial charge in [-0.3, -0.25) is 14.3 Å². The van der Waals surface area contributed by atoms with Crippen LogP contribution in [0.1, 0.15) is 17.4 Å². The molecular formula is C12H15N5O2. The fourth-order valence-corrected chi connectivity index (χ4v) is 1.73. The highest BCUT2D eigenvalue weighted by Gasteiger charge is 2.14. The zero-order valence-corrected chi connectivity index (χ0v) is 10.8. The van der Waals surface area contributed by atoms with E-state index < -0.39 is 5.91 Å². The van der Waals surface area contributed by atoms with Gasteiger partial charge in [-0.2, -0.15) is 5.10 Å². The number of nitrogens with zero attached hydrogens (tertiary/aromatic N) is 3. The van der Waals surface area contributed by atoms with Gasteiger partial charge in [-0.25, -0.2) is 0 Å². The fraction of sp³-hybridized carbons (Fsp3) is 0.250. The van der Waals surface area contributed by atoms with Crippen molar-refractivity contribution in [3.8, 4) is 0 Å². The Morgan fingerprint density at radius 3 is 2.74 bits per heavy atom. The van der Waals surface area contributed by atoms with Crippen molar-refractivity contribution in [1.29, 1.82) is 0 Å². The Kier molecular flexibility index (Phi) is 3.37. The normalized spacial score (nSPS) is 10.4. The summed E-state index contributed by atoms with van der Waals surface area (Å²) in [6.45, 7) is 2.39. The molecule has 0 bridgehead atoms. The predicted molar refractivity (Wildman–Crippen MR) is 71.9 cm³/mol. The Hall–Kier alpha value is -2.57. The van der Waals surface area contributed by atoms with Gasteiger partial charge < -0.3 is 15.6 Å². The zero-order valence-electron chi connectivity index (χ0n) is 10.8. The van der Waals surface area contributed by atoms with Crippen LogP contribution in [-0.2, 0) is 13.6 Å². The number of aryl methyl sites for hydroxylation is 2. The second-order valence-electron chi connectivity index (χ2n) is 4.10. The molecule has 2 rings (SSSR count). The van der Waals surface area contributed by atoms with Crippen molar-refractivity contribution in [3.63, 3.8) is 0 Å². The summed E-state index contributed by atoms with van der Waals surface area (Å²) in [6, 6.07) is 2.95. The quantitative estimate of drug-likeness (QED) is 0.838. The van der Waals surface area contributed by atoms with Crippen molar-refractivity contribution in [2.75, 3.05) is 11.1 Å². The molecule has 0 aliphatic carbocycles. The molecule has 0 atom stereocenters. The molecule has 0 radical (unpaired) electrons. The molecule has 0 aliphatic heterocycles. The Morgan fingerprint density at radius 2 is 2.16 bits per heavy atom. The molecular weight excluding hydrogens is 246 g/mol. The molecule has 0 unspecified atom stereocenters.